The van der Waals surface area contributed by atoms with E-state index in [1.807, 2.05) is 14.0 Å². The highest BCUT2D eigenvalue weighted by Gasteiger charge is 2.45. The Morgan fingerprint density at radius 3 is 2.25 bits per heavy atom. The predicted molar refractivity (Wildman–Crippen MR) is 189 cm³/mol. The molecule has 4 amide bonds. The van der Waals surface area contributed by atoms with Crippen LogP contribution in [0.1, 0.15) is 56.6 Å². The molecule has 1 aliphatic heterocycles. The Bertz CT molecular complexity index is 1620. The third-order valence-electron chi connectivity index (χ3n) is 9.71. The van der Waals surface area contributed by atoms with E-state index in [1.54, 1.807) is 11.8 Å². The van der Waals surface area contributed by atoms with Crippen LogP contribution in [0.5, 0.6) is 6.01 Å². The number of nitrogens with zero attached hydrogens (tertiary/aromatic N) is 4. The predicted octanol–water partition coefficient (Wildman–Crippen LogP) is 2.44. The molecule has 2 heterocycles. The number of halogens is 3. The maximum atomic E-state index is 15.7. The van der Waals surface area contributed by atoms with Gasteiger partial charge in [-0.15, -0.1) is 0 Å². The molecule has 2 fully saturated rings. The topological polar surface area (TPSA) is 198 Å². The molecule has 18 heteroatoms. The van der Waals surface area contributed by atoms with Crippen molar-refractivity contribution in [2.75, 3.05) is 45.7 Å². The Balaban J connectivity index is 1.56. The molecule has 1 saturated heterocycles. The highest BCUT2D eigenvalue weighted by Crippen LogP contribution is 2.34. The van der Waals surface area contributed by atoms with Gasteiger partial charge in [-0.3, -0.25) is 24.3 Å². The molecule has 14 nitrogen and oxygen atoms in total. The number of anilines is 1. The molecule has 2 aromatic rings. The van der Waals surface area contributed by atoms with E-state index in [0.717, 1.165) is 24.7 Å². The largest absolute Gasteiger partial charge is 0.467 e. The van der Waals surface area contributed by atoms with Gasteiger partial charge < -0.3 is 36.2 Å². The monoisotopic (exact) mass is 749 g/mol. The molecule has 4 rings (SSSR count). The zero-order valence-electron chi connectivity index (χ0n) is 29.5. The summed E-state index contributed by atoms with van der Waals surface area (Å²) < 4.78 is 51.1. The number of aromatic nitrogens is 2. The molecule has 3 atom stereocenters. The average Bonchev–Trinajstić information content (AvgIpc) is 3.14. The summed E-state index contributed by atoms with van der Waals surface area (Å²) in [5.41, 5.74) is 4.81. The van der Waals surface area contributed by atoms with Crippen LogP contribution in [-0.2, 0) is 25.1 Å². The van der Waals surface area contributed by atoms with Gasteiger partial charge in [0, 0.05) is 50.7 Å². The first-order valence-corrected chi connectivity index (χ1v) is 17.8. The molecule has 284 valence electrons. The number of carbonyl (C=O) groups excluding carboxylic acids is 4. The first-order valence-electron chi connectivity index (χ1n) is 16.9. The van der Waals surface area contributed by atoms with Crippen molar-refractivity contribution in [1.29, 1.82) is 0 Å². The van der Waals surface area contributed by atoms with Crippen molar-refractivity contribution in [3.05, 3.63) is 58.6 Å². The van der Waals surface area contributed by atoms with Gasteiger partial charge in [0.1, 0.15) is 22.8 Å². The van der Waals surface area contributed by atoms with E-state index < -0.39 is 58.9 Å². The molecule has 1 aromatic carbocycles. The van der Waals surface area contributed by atoms with Crippen LogP contribution >= 0.6 is 11.9 Å². The molecule has 1 aromatic heterocycles. The number of ether oxygens (including phenoxy) is 1. The minimum atomic E-state index is -4.09. The van der Waals surface area contributed by atoms with Crippen molar-refractivity contribution in [2.24, 2.45) is 22.7 Å². The van der Waals surface area contributed by atoms with Gasteiger partial charge >= 0.3 is 11.9 Å². The van der Waals surface area contributed by atoms with Crippen LogP contribution in [0.25, 0.3) is 0 Å². The number of benzene rings is 1. The normalized spacial score (nSPS) is 20.3. The van der Waals surface area contributed by atoms with Gasteiger partial charge in [-0.2, -0.15) is 8.78 Å². The Morgan fingerprint density at radius 2 is 1.69 bits per heavy atom. The summed E-state index contributed by atoms with van der Waals surface area (Å²) >= 11 is 0.617. The summed E-state index contributed by atoms with van der Waals surface area (Å²) in [7, 11) is 3.19. The lowest BCUT2D eigenvalue weighted by molar-refractivity contribution is -0.149. The fourth-order valence-electron chi connectivity index (χ4n) is 6.29. The molecule has 0 unspecified atom stereocenters. The summed E-state index contributed by atoms with van der Waals surface area (Å²) in [6.45, 7) is 5.81. The molecular weight excluding hydrogens is 703 g/mol. The number of likely N-dealkylation sites (N-methyl/N-ethyl adjacent to an activating group) is 1. The summed E-state index contributed by atoms with van der Waals surface area (Å²) in [4.78, 5) is 64.3. The van der Waals surface area contributed by atoms with Gasteiger partial charge in [0.2, 0.25) is 11.8 Å². The van der Waals surface area contributed by atoms with Gasteiger partial charge in [0.15, 0.2) is 0 Å². The van der Waals surface area contributed by atoms with E-state index >= 15 is 13.2 Å². The minimum Gasteiger partial charge on any atom is -0.467 e. The van der Waals surface area contributed by atoms with Gasteiger partial charge in [-0.1, -0.05) is 32.8 Å². The number of carbonyl (C=O) groups is 4. The number of nitrogens with one attached hydrogen (secondary N) is 3. The molecule has 7 N–H and O–H groups in total. The van der Waals surface area contributed by atoms with Crippen molar-refractivity contribution in [1.82, 2.24) is 30.4 Å². The second-order valence-electron chi connectivity index (χ2n) is 13.2. The van der Waals surface area contributed by atoms with Gasteiger partial charge in [0.05, 0.1) is 18.4 Å². The zero-order valence-corrected chi connectivity index (χ0v) is 30.4. The van der Waals surface area contributed by atoms with Crippen molar-refractivity contribution in [3.8, 4) is 6.01 Å². The van der Waals surface area contributed by atoms with Crippen molar-refractivity contribution in [2.45, 2.75) is 63.5 Å². The highest BCUT2D eigenvalue weighted by molar-refractivity contribution is 8.01. The van der Waals surface area contributed by atoms with Gasteiger partial charge in [-0.05, 0) is 61.4 Å². The van der Waals surface area contributed by atoms with Crippen LogP contribution in [0.3, 0.4) is 0 Å². The Morgan fingerprint density at radius 1 is 1.06 bits per heavy atom. The third-order valence-corrected chi connectivity index (χ3v) is 10.3. The van der Waals surface area contributed by atoms with E-state index in [2.05, 4.69) is 30.8 Å². The molecule has 2 aliphatic rings. The molecule has 0 spiro atoms. The lowest BCUT2D eigenvalue weighted by atomic mass is 9.79. The standard InChI is InChI=1S/C34H46F3N9O5S/c1-19-5-7-21(8-6-19)28(44-32(50)34(36,37)23-17-40-33(51-4)41-18-23)30(48)42-25-10-9-22(15-24(25)35)20(2)27(43-29(47)26(16-38)52-39)31(49)46-13-11-45(3)12-14-46/h9-10,15-21,27-28H,5-8,11-14,38-39H2,1-4H3,(H,42,48)(H,43,47)(H,44,50)/b26-16-/t19-,20-,21-,27+,28-/m0/s1. The van der Waals surface area contributed by atoms with E-state index in [0.29, 0.717) is 75.3 Å². The summed E-state index contributed by atoms with van der Waals surface area (Å²) in [6, 6.07) is 1.20. The molecule has 1 saturated carbocycles. The Hall–Kier alpha value is -4.42. The van der Waals surface area contributed by atoms with Crippen LogP contribution in [0.4, 0.5) is 18.9 Å². The van der Waals surface area contributed by atoms with Crippen LogP contribution < -0.4 is 31.6 Å². The maximum Gasteiger partial charge on any atom is 0.352 e. The first-order chi connectivity index (χ1) is 24.7. The van der Waals surface area contributed by atoms with Crippen molar-refractivity contribution in [3.63, 3.8) is 0 Å². The molecular formula is C34H46F3N9O5S. The van der Waals surface area contributed by atoms with E-state index in [9.17, 15) is 19.2 Å². The SMILES string of the molecule is COc1ncc(C(F)(F)C(=O)N[C@H](C(=O)Nc2ccc([C@H](C)[C@@H](NC(=O)/C(=C/N)SN)C(=O)N3CCN(C)CC3)cc2F)[C@H]2CC[C@H](C)CC2)cn1. The summed E-state index contributed by atoms with van der Waals surface area (Å²) in [5, 5.41) is 12.9. The van der Waals surface area contributed by atoms with E-state index in [4.69, 9.17) is 15.6 Å². The first kappa shape index (κ1) is 40.4. The van der Waals surface area contributed by atoms with E-state index in [-0.39, 0.29) is 22.5 Å². The average molecular weight is 750 g/mol. The molecule has 52 heavy (non-hydrogen) atoms. The lowest BCUT2D eigenvalue weighted by Gasteiger charge is -2.36. The number of methoxy groups -OCH3 is 1. The molecule has 0 bridgehead atoms. The van der Waals surface area contributed by atoms with Crippen molar-refractivity contribution >= 4 is 41.3 Å². The zero-order chi connectivity index (χ0) is 38.2. The second kappa shape index (κ2) is 17.9. The number of hydrogen-bond acceptors (Lipinski definition) is 11. The minimum absolute atomic E-state index is 0.0169. The summed E-state index contributed by atoms with van der Waals surface area (Å²) in [5.74, 6) is -9.51. The van der Waals surface area contributed by atoms with Gasteiger partial charge in [-0.25, -0.2) is 14.4 Å². The number of nitrogens with two attached hydrogens (primary N) is 2. The van der Waals surface area contributed by atoms with Crippen LogP contribution in [0.15, 0.2) is 41.7 Å². The van der Waals surface area contributed by atoms with Crippen molar-refractivity contribution < 1.29 is 37.1 Å². The molecule has 0 radical (unpaired) electrons. The van der Waals surface area contributed by atoms with Crippen LogP contribution in [-0.4, -0.2) is 95.8 Å². The number of piperazine rings is 1. The van der Waals surface area contributed by atoms with Crippen LogP contribution in [0.2, 0.25) is 0 Å². The quantitative estimate of drug-likeness (QED) is 0.149. The third kappa shape index (κ3) is 9.71. The van der Waals surface area contributed by atoms with E-state index in [1.165, 1.54) is 19.2 Å². The fraction of sp³-hybridized carbons (Fsp3) is 0.529. The second-order valence-corrected chi connectivity index (χ2v) is 13.9. The van der Waals surface area contributed by atoms with Gasteiger partial charge in [0.25, 0.3) is 11.8 Å². The fourth-order valence-corrected chi connectivity index (χ4v) is 6.53. The number of hydrogen-bond donors (Lipinski definition) is 5. The number of rotatable bonds is 13. The smallest absolute Gasteiger partial charge is 0.352 e. The van der Waals surface area contributed by atoms with Crippen LogP contribution in [0, 0.1) is 17.7 Å². The molecule has 1 aliphatic carbocycles. The Kier molecular flexibility index (Phi) is 13.9. The summed E-state index contributed by atoms with van der Waals surface area (Å²) in [6.07, 6.45) is 4.94. The Labute approximate surface area is 304 Å². The maximum absolute atomic E-state index is 15.7. The highest BCUT2D eigenvalue weighted by atomic mass is 32.2. The lowest BCUT2D eigenvalue weighted by Crippen LogP contribution is -2.55. The number of alkyl halides is 2. The number of amides is 4.